The number of aryl methyl sites for hydroxylation is 1. The maximum Gasteiger partial charge on any atom is 0.233 e. The molecule has 4 rings (SSSR count). The van der Waals surface area contributed by atoms with Crippen molar-refractivity contribution in [3.8, 4) is 5.75 Å². The first-order valence-corrected chi connectivity index (χ1v) is 8.19. The van der Waals surface area contributed by atoms with Gasteiger partial charge in [-0.05, 0) is 18.4 Å². The second-order valence-corrected chi connectivity index (χ2v) is 6.52. The molecule has 1 aromatic carbocycles. The van der Waals surface area contributed by atoms with Crippen LogP contribution in [0.1, 0.15) is 23.7 Å². The van der Waals surface area contributed by atoms with Crippen molar-refractivity contribution in [3.05, 3.63) is 48.0 Å². The summed E-state index contributed by atoms with van der Waals surface area (Å²) in [4.78, 5) is 19.0. The van der Waals surface area contributed by atoms with Gasteiger partial charge in [0.25, 0.3) is 0 Å². The Morgan fingerprint density at radius 3 is 3.22 bits per heavy atom. The first-order chi connectivity index (χ1) is 11.2. The van der Waals surface area contributed by atoms with Gasteiger partial charge in [-0.25, -0.2) is 4.98 Å². The summed E-state index contributed by atoms with van der Waals surface area (Å²) in [6.45, 7) is 2.19. The van der Waals surface area contributed by atoms with Gasteiger partial charge in [-0.3, -0.25) is 4.79 Å². The molecule has 1 aromatic heterocycles. The molecule has 23 heavy (non-hydrogen) atoms. The molecule has 2 atom stereocenters. The molecule has 5 nitrogen and oxygen atoms in total. The Balaban J connectivity index is 1.42. The van der Waals surface area contributed by atoms with Gasteiger partial charge in [0, 0.05) is 44.5 Å². The Morgan fingerprint density at radius 1 is 1.43 bits per heavy atom. The Kier molecular flexibility index (Phi) is 3.56. The average Bonchev–Trinajstić information content (AvgIpc) is 3.20. The van der Waals surface area contributed by atoms with E-state index in [0.717, 1.165) is 43.1 Å². The van der Waals surface area contributed by atoms with Gasteiger partial charge in [0.1, 0.15) is 24.1 Å². The highest BCUT2D eigenvalue weighted by molar-refractivity contribution is 5.85. The van der Waals surface area contributed by atoms with Gasteiger partial charge in [-0.15, -0.1) is 0 Å². The molecular formula is C18H21N3O2. The molecule has 0 radical (unpaired) electrons. The Bertz CT molecular complexity index is 725. The van der Waals surface area contributed by atoms with Crippen LogP contribution in [0.25, 0.3) is 0 Å². The smallest absolute Gasteiger partial charge is 0.233 e. The molecule has 2 aliphatic heterocycles. The topological polar surface area (TPSA) is 47.4 Å². The van der Waals surface area contributed by atoms with Crippen LogP contribution >= 0.6 is 0 Å². The standard InChI is InChI=1S/C18H21N3O2/c1-20(10-13-6-7-17-19-8-9-21(17)11-13)18(22)15-12-23-16-5-3-2-4-14(15)16/h2-5,8-9,13,15H,6-7,10-12H2,1H3/t13-,15+/m0/s1. The predicted molar refractivity (Wildman–Crippen MR) is 86.4 cm³/mol. The Morgan fingerprint density at radius 2 is 2.30 bits per heavy atom. The van der Waals surface area contributed by atoms with Crippen LogP contribution < -0.4 is 4.74 Å². The summed E-state index contributed by atoms with van der Waals surface area (Å²) < 4.78 is 7.86. The molecule has 0 unspecified atom stereocenters. The fourth-order valence-electron chi connectivity index (χ4n) is 3.70. The van der Waals surface area contributed by atoms with Crippen molar-refractivity contribution in [2.45, 2.75) is 25.3 Å². The predicted octanol–water partition coefficient (Wildman–Crippen LogP) is 2.08. The second-order valence-electron chi connectivity index (χ2n) is 6.52. The molecule has 0 fully saturated rings. The van der Waals surface area contributed by atoms with Crippen LogP contribution in [0.4, 0.5) is 0 Å². The number of carbonyl (C=O) groups is 1. The lowest BCUT2D eigenvalue weighted by Crippen LogP contribution is -2.38. The first-order valence-electron chi connectivity index (χ1n) is 8.19. The summed E-state index contributed by atoms with van der Waals surface area (Å²) in [6, 6.07) is 7.84. The minimum atomic E-state index is -0.163. The quantitative estimate of drug-likeness (QED) is 0.872. The Labute approximate surface area is 135 Å². The van der Waals surface area contributed by atoms with Gasteiger partial charge < -0.3 is 14.2 Å². The Hall–Kier alpha value is -2.30. The summed E-state index contributed by atoms with van der Waals surface area (Å²) >= 11 is 0. The van der Waals surface area contributed by atoms with E-state index in [1.165, 1.54) is 0 Å². The van der Waals surface area contributed by atoms with E-state index in [1.807, 2.05) is 48.6 Å². The van der Waals surface area contributed by atoms with Gasteiger partial charge in [0.2, 0.25) is 5.91 Å². The van der Waals surface area contributed by atoms with Crippen LogP contribution in [0.15, 0.2) is 36.7 Å². The maximum absolute atomic E-state index is 12.8. The molecule has 5 heteroatoms. The van der Waals surface area contributed by atoms with Gasteiger partial charge in [-0.1, -0.05) is 18.2 Å². The zero-order chi connectivity index (χ0) is 15.8. The molecule has 2 aromatic rings. The lowest BCUT2D eigenvalue weighted by molar-refractivity contribution is -0.132. The minimum absolute atomic E-state index is 0.159. The molecule has 0 aliphatic carbocycles. The van der Waals surface area contributed by atoms with Crippen molar-refractivity contribution in [2.75, 3.05) is 20.2 Å². The van der Waals surface area contributed by atoms with Crippen LogP contribution in [0, 0.1) is 5.92 Å². The number of likely N-dealkylation sites (N-methyl/N-ethyl adjacent to an activating group) is 1. The lowest BCUT2D eigenvalue weighted by atomic mass is 9.96. The molecule has 1 amide bonds. The van der Waals surface area contributed by atoms with E-state index in [4.69, 9.17) is 4.74 Å². The number of benzene rings is 1. The summed E-state index contributed by atoms with van der Waals surface area (Å²) in [5.74, 6) is 2.49. The van der Waals surface area contributed by atoms with E-state index in [1.54, 1.807) is 0 Å². The van der Waals surface area contributed by atoms with Crippen molar-refractivity contribution in [1.82, 2.24) is 14.5 Å². The number of nitrogens with zero attached hydrogens (tertiary/aromatic N) is 3. The minimum Gasteiger partial charge on any atom is -0.492 e. The molecule has 120 valence electrons. The molecule has 3 heterocycles. The zero-order valence-electron chi connectivity index (χ0n) is 13.3. The summed E-state index contributed by atoms with van der Waals surface area (Å²) in [6.07, 6.45) is 5.98. The van der Waals surface area contributed by atoms with Crippen molar-refractivity contribution in [2.24, 2.45) is 5.92 Å². The normalized spacial score (nSPS) is 22.1. The van der Waals surface area contributed by atoms with Crippen molar-refractivity contribution >= 4 is 5.91 Å². The maximum atomic E-state index is 12.8. The molecule has 0 bridgehead atoms. The van der Waals surface area contributed by atoms with E-state index >= 15 is 0 Å². The zero-order valence-corrected chi connectivity index (χ0v) is 13.3. The van der Waals surface area contributed by atoms with E-state index < -0.39 is 0 Å². The summed E-state index contributed by atoms with van der Waals surface area (Å²) in [5.41, 5.74) is 1.02. The average molecular weight is 311 g/mol. The van der Waals surface area contributed by atoms with E-state index in [0.29, 0.717) is 12.5 Å². The van der Waals surface area contributed by atoms with Crippen molar-refractivity contribution < 1.29 is 9.53 Å². The molecule has 0 saturated heterocycles. The van der Waals surface area contributed by atoms with E-state index in [9.17, 15) is 4.79 Å². The van der Waals surface area contributed by atoms with Crippen LogP contribution in [-0.2, 0) is 17.8 Å². The number of amides is 1. The second kappa shape index (κ2) is 5.72. The third kappa shape index (κ3) is 2.60. The van der Waals surface area contributed by atoms with Crippen LogP contribution in [0.2, 0.25) is 0 Å². The highest BCUT2D eigenvalue weighted by atomic mass is 16.5. The fourth-order valence-corrected chi connectivity index (χ4v) is 3.70. The number of hydrogen-bond donors (Lipinski definition) is 0. The first kappa shape index (κ1) is 14.3. The van der Waals surface area contributed by atoms with Crippen molar-refractivity contribution in [3.63, 3.8) is 0 Å². The van der Waals surface area contributed by atoms with Crippen molar-refractivity contribution in [1.29, 1.82) is 0 Å². The summed E-state index contributed by atoms with van der Waals surface area (Å²) in [7, 11) is 1.91. The number of ether oxygens (including phenoxy) is 1. The van der Waals surface area contributed by atoms with Gasteiger partial charge in [-0.2, -0.15) is 0 Å². The van der Waals surface area contributed by atoms with Crippen LogP contribution in [-0.4, -0.2) is 40.6 Å². The summed E-state index contributed by atoms with van der Waals surface area (Å²) in [5, 5.41) is 0. The number of para-hydroxylation sites is 1. The number of carbonyl (C=O) groups excluding carboxylic acids is 1. The van der Waals surface area contributed by atoms with E-state index in [-0.39, 0.29) is 11.8 Å². The molecule has 2 aliphatic rings. The third-order valence-electron chi connectivity index (χ3n) is 4.94. The number of rotatable bonds is 3. The molecule has 0 saturated carbocycles. The highest BCUT2D eigenvalue weighted by Crippen LogP contribution is 2.34. The largest absolute Gasteiger partial charge is 0.492 e. The van der Waals surface area contributed by atoms with Crippen LogP contribution in [0.5, 0.6) is 5.75 Å². The number of fused-ring (bicyclic) bond motifs is 2. The number of aromatic nitrogens is 2. The SMILES string of the molecule is CN(C[C@@H]1CCc2nccn2C1)C(=O)[C@@H]1COc2ccccc21. The highest BCUT2D eigenvalue weighted by Gasteiger charge is 2.33. The van der Waals surface area contributed by atoms with E-state index in [2.05, 4.69) is 9.55 Å². The van der Waals surface area contributed by atoms with Crippen LogP contribution in [0.3, 0.4) is 0 Å². The number of imidazole rings is 1. The lowest BCUT2D eigenvalue weighted by Gasteiger charge is -2.29. The third-order valence-corrected chi connectivity index (χ3v) is 4.94. The van der Waals surface area contributed by atoms with Gasteiger partial charge in [0.05, 0.1) is 0 Å². The number of hydrogen-bond acceptors (Lipinski definition) is 3. The van der Waals surface area contributed by atoms with Gasteiger partial charge in [0.15, 0.2) is 0 Å². The molecular weight excluding hydrogens is 290 g/mol. The molecule has 0 spiro atoms. The monoisotopic (exact) mass is 311 g/mol. The van der Waals surface area contributed by atoms with Gasteiger partial charge >= 0.3 is 0 Å². The molecule has 0 N–H and O–H groups in total. The fraction of sp³-hybridized carbons (Fsp3) is 0.444.